The lowest BCUT2D eigenvalue weighted by molar-refractivity contribution is -0.141. The van der Waals surface area contributed by atoms with Gasteiger partial charge >= 0.3 is 5.97 Å². The van der Waals surface area contributed by atoms with E-state index >= 15 is 0 Å². The minimum atomic E-state index is -0.733. The van der Waals surface area contributed by atoms with E-state index in [1.54, 1.807) is 0 Å². The molecule has 2 aromatic rings. The molecule has 0 aliphatic carbocycles. The average molecular weight is 326 g/mol. The van der Waals surface area contributed by atoms with E-state index in [9.17, 15) is 9.90 Å². The molecule has 1 aliphatic heterocycles. The SMILES string of the molecule is Cc1cccc(Nc2cc(N3CCC[C@@H](C(=O)O)C3)nc(C)n2)c1. The molecule has 3 rings (SSSR count). The molecule has 0 unspecified atom stereocenters. The molecule has 2 heterocycles. The average Bonchev–Trinajstić information content (AvgIpc) is 2.54. The summed E-state index contributed by atoms with van der Waals surface area (Å²) in [7, 11) is 0. The summed E-state index contributed by atoms with van der Waals surface area (Å²) in [5.74, 6) is 1.11. The number of hydrogen-bond donors (Lipinski definition) is 2. The van der Waals surface area contributed by atoms with E-state index in [0.29, 0.717) is 12.4 Å². The number of anilines is 3. The van der Waals surface area contributed by atoms with Gasteiger partial charge in [0.05, 0.1) is 5.92 Å². The second-order valence-corrected chi connectivity index (χ2v) is 6.28. The summed E-state index contributed by atoms with van der Waals surface area (Å²) < 4.78 is 0. The molecule has 1 saturated heterocycles. The molecule has 6 heteroatoms. The van der Waals surface area contributed by atoms with Gasteiger partial charge in [-0.15, -0.1) is 0 Å². The highest BCUT2D eigenvalue weighted by Gasteiger charge is 2.26. The van der Waals surface area contributed by atoms with Gasteiger partial charge in [-0.05, 0) is 44.4 Å². The van der Waals surface area contributed by atoms with E-state index in [4.69, 9.17) is 0 Å². The Morgan fingerprint density at radius 2 is 2.12 bits per heavy atom. The largest absolute Gasteiger partial charge is 0.481 e. The number of aryl methyl sites for hydroxylation is 2. The minimum Gasteiger partial charge on any atom is -0.481 e. The van der Waals surface area contributed by atoms with E-state index in [0.717, 1.165) is 36.7 Å². The number of carboxylic acid groups (broad SMARTS) is 1. The molecule has 1 fully saturated rings. The van der Waals surface area contributed by atoms with Crippen LogP contribution >= 0.6 is 0 Å². The predicted molar refractivity (Wildman–Crippen MR) is 93.8 cm³/mol. The van der Waals surface area contributed by atoms with Gasteiger partial charge in [0.1, 0.15) is 17.5 Å². The monoisotopic (exact) mass is 326 g/mol. The molecular weight excluding hydrogens is 304 g/mol. The van der Waals surface area contributed by atoms with Gasteiger partial charge < -0.3 is 15.3 Å². The predicted octanol–water partition coefficient (Wildman–Crippen LogP) is 3.14. The molecule has 1 aliphatic rings. The lowest BCUT2D eigenvalue weighted by Gasteiger charge is -2.31. The van der Waals surface area contributed by atoms with Crippen LogP contribution in [0.5, 0.6) is 0 Å². The number of benzene rings is 1. The molecule has 1 aromatic carbocycles. The summed E-state index contributed by atoms with van der Waals surface area (Å²) in [5.41, 5.74) is 2.15. The highest BCUT2D eigenvalue weighted by Crippen LogP contribution is 2.25. The van der Waals surface area contributed by atoms with Gasteiger partial charge in [0.2, 0.25) is 0 Å². The molecular formula is C18H22N4O2. The molecule has 1 atom stereocenters. The number of piperidine rings is 1. The van der Waals surface area contributed by atoms with Crippen molar-refractivity contribution in [1.29, 1.82) is 0 Å². The maximum Gasteiger partial charge on any atom is 0.308 e. The van der Waals surface area contributed by atoms with Crippen LogP contribution in [0.4, 0.5) is 17.3 Å². The summed E-state index contributed by atoms with van der Waals surface area (Å²) in [5, 5.41) is 12.6. The molecule has 6 nitrogen and oxygen atoms in total. The van der Waals surface area contributed by atoms with Gasteiger partial charge in [-0.3, -0.25) is 4.79 Å². The number of nitrogens with one attached hydrogen (secondary N) is 1. The zero-order valence-electron chi connectivity index (χ0n) is 14.0. The summed E-state index contributed by atoms with van der Waals surface area (Å²) >= 11 is 0. The fraction of sp³-hybridized carbons (Fsp3) is 0.389. The van der Waals surface area contributed by atoms with Crippen molar-refractivity contribution in [3.63, 3.8) is 0 Å². The Bertz CT molecular complexity index is 748. The third-order valence-corrected chi connectivity index (χ3v) is 4.21. The number of rotatable bonds is 4. The third kappa shape index (κ3) is 3.82. The van der Waals surface area contributed by atoms with Gasteiger partial charge in [0.25, 0.3) is 0 Å². The Morgan fingerprint density at radius 1 is 1.29 bits per heavy atom. The quantitative estimate of drug-likeness (QED) is 0.899. The lowest BCUT2D eigenvalue weighted by atomic mass is 9.98. The molecule has 1 aromatic heterocycles. The van der Waals surface area contributed by atoms with Gasteiger partial charge in [0.15, 0.2) is 0 Å². The molecule has 126 valence electrons. The van der Waals surface area contributed by atoms with Crippen molar-refractivity contribution in [3.8, 4) is 0 Å². The number of carbonyl (C=O) groups is 1. The first-order valence-electron chi connectivity index (χ1n) is 8.18. The van der Waals surface area contributed by atoms with E-state index < -0.39 is 5.97 Å². The number of hydrogen-bond acceptors (Lipinski definition) is 5. The smallest absolute Gasteiger partial charge is 0.308 e. The zero-order valence-corrected chi connectivity index (χ0v) is 14.0. The highest BCUT2D eigenvalue weighted by atomic mass is 16.4. The topological polar surface area (TPSA) is 78.4 Å². The minimum absolute atomic E-state index is 0.331. The van der Waals surface area contributed by atoms with E-state index in [-0.39, 0.29) is 5.92 Å². The highest BCUT2D eigenvalue weighted by molar-refractivity contribution is 5.71. The fourth-order valence-electron chi connectivity index (χ4n) is 3.04. The van der Waals surface area contributed by atoms with Crippen molar-refractivity contribution >= 4 is 23.3 Å². The summed E-state index contributed by atoms with van der Waals surface area (Å²) in [6, 6.07) is 9.97. The number of carboxylic acids is 1. The second-order valence-electron chi connectivity index (χ2n) is 6.28. The third-order valence-electron chi connectivity index (χ3n) is 4.21. The Morgan fingerprint density at radius 3 is 2.88 bits per heavy atom. The van der Waals surface area contributed by atoms with Crippen molar-refractivity contribution < 1.29 is 9.90 Å². The Labute approximate surface area is 141 Å². The van der Waals surface area contributed by atoms with Crippen LogP contribution in [0.1, 0.15) is 24.2 Å². The van der Waals surface area contributed by atoms with Gasteiger partial charge in [-0.2, -0.15) is 0 Å². The first-order chi connectivity index (χ1) is 11.5. The molecule has 2 N–H and O–H groups in total. The fourth-order valence-corrected chi connectivity index (χ4v) is 3.04. The van der Waals surface area contributed by atoms with Crippen molar-refractivity contribution in [3.05, 3.63) is 41.7 Å². The van der Waals surface area contributed by atoms with Crippen LogP contribution in [-0.2, 0) is 4.79 Å². The normalized spacial score (nSPS) is 17.6. The summed E-state index contributed by atoms with van der Waals surface area (Å²) in [6.07, 6.45) is 1.59. The van der Waals surface area contributed by atoms with Crippen molar-refractivity contribution in [1.82, 2.24) is 9.97 Å². The standard InChI is InChI=1S/C18H22N4O2/c1-12-5-3-7-15(9-12)21-16-10-17(20-13(2)19-16)22-8-4-6-14(11-22)18(23)24/h3,5,7,9-10,14H,4,6,8,11H2,1-2H3,(H,23,24)(H,19,20,21)/t14-/m1/s1. The molecule has 0 spiro atoms. The Balaban J connectivity index is 1.82. The number of nitrogens with zero attached hydrogens (tertiary/aromatic N) is 3. The molecule has 0 saturated carbocycles. The van der Waals surface area contributed by atoms with Gasteiger partial charge in [-0.1, -0.05) is 12.1 Å². The van der Waals surface area contributed by atoms with Crippen LogP contribution in [0, 0.1) is 19.8 Å². The van der Waals surface area contributed by atoms with E-state index in [1.807, 2.05) is 43.0 Å². The summed E-state index contributed by atoms with van der Waals surface area (Å²) in [4.78, 5) is 22.2. The number of aromatic nitrogens is 2. The van der Waals surface area contributed by atoms with Crippen LogP contribution < -0.4 is 10.2 Å². The summed E-state index contributed by atoms with van der Waals surface area (Å²) in [6.45, 7) is 5.21. The lowest BCUT2D eigenvalue weighted by Crippen LogP contribution is -2.39. The van der Waals surface area contributed by atoms with Crippen LogP contribution in [-0.4, -0.2) is 34.1 Å². The van der Waals surface area contributed by atoms with Crippen LogP contribution in [0.2, 0.25) is 0 Å². The molecule has 0 bridgehead atoms. The second kappa shape index (κ2) is 6.86. The molecule has 24 heavy (non-hydrogen) atoms. The van der Waals surface area contributed by atoms with E-state index in [1.165, 1.54) is 5.56 Å². The van der Waals surface area contributed by atoms with Crippen LogP contribution in [0.25, 0.3) is 0 Å². The maximum absolute atomic E-state index is 11.3. The zero-order chi connectivity index (χ0) is 17.1. The molecule has 0 radical (unpaired) electrons. The van der Waals surface area contributed by atoms with Crippen LogP contribution in [0.3, 0.4) is 0 Å². The Hall–Kier alpha value is -2.63. The van der Waals surface area contributed by atoms with Gasteiger partial charge in [-0.25, -0.2) is 9.97 Å². The molecule has 0 amide bonds. The maximum atomic E-state index is 11.3. The Kier molecular flexibility index (Phi) is 4.64. The van der Waals surface area contributed by atoms with E-state index in [2.05, 4.69) is 21.4 Å². The first-order valence-corrected chi connectivity index (χ1v) is 8.18. The number of aliphatic carboxylic acids is 1. The van der Waals surface area contributed by atoms with Crippen molar-refractivity contribution in [2.24, 2.45) is 5.92 Å². The van der Waals surface area contributed by atoms with Gasteiger partial charge in [0, 0.05) is 24.8 Å². The van der Waals surface area contributed by atoms with Crippen LogP contribution in [0.15, 0.2) is 30.3 Å². The first kappa shape index (κ1) is 16.2. The van der Waals surface area contributed by atoms with Crippen molar-refractivity contribution in [2.45, 2.75) is 26.7 Å². The van der Waals surface area contributed by atoms with Crippen molar-refractivity contribution in [2.75, 3.05) is 23.3 Å².